The van der Waals surface area contributed by atoms with Crippen LogP contribution in [-0.2, 0) is 36.3 Å². The number of hydrogen-bond acceptors (Lipinski definition) is 18. The van der Waals surface area contributed by atoms with E-state index in [1.54, 1.807) is 6.92 Å². The van der Waals surface area contributed by atoms with Gasteiger partial charge in [0.15, 0.2) is 24.3 Å². The van der Waals surface area contributed by atoms with E-state index in [-0.39, 0.29) is 34.1 Å². The molecule has 22 nitrogen and oxygen atoms in total. The smallest absolute Gasteiger partial charge is 0.369 e. The number of imidazole rings is 1. The topological polar surface area (TPSA) is 319 Å². The van der Waals surface area contributed by atoms with Crippen molar-refractivity contribution >= 4 is 74.9 Å². The van der Waals surface area contributed by atoms with Crippen molar-refractivity contribution in [2.75, 3.05) is 18.3 Å². The highest BCUT2D eigenvalue weighted by atomic mass is 33.1. The number of aryl methyl sites for hydroxylation is 1. The number of H-pyrrole nitrogens is 1. The highest BCUT2D eigenvalue weighted by Crippen LogP contribution is 2.66. The summed E-state index contributed by atoms with van der Waals surface area (Å²) in [5.41, 5.74) is 6.86. The van der Waals surface area contributed by atoms with Crippen molar-refractivity contribution < 1.29 is 55.9 Å². The molecule has 28 heteroatoms. The first-order chi connectivity index (χ1) is 23.8. The Kier molecular flexibility index (Phi) is 12.3. The number of nitrogen functional groups attached to an aromatic ring is 1. The second-order valence-corrected chi connectivity index (χ2v) is 18.5. The number of rotatable bonds is 16. The van der Waals surface area contributed by atoms with Crippen LogP contribution in [0.15, 0.2) is 35.4 Å². The van der Waals surface area contributed by atoms with E-state index < -0.39 is 54.1 Å². The third-order valence-electron chi connectivity index (χ3n) is 6.63. The number of aromatic nitrogens is 8. The maximum absolute atomic E-state index is 12.4. The van der Waals surface area contributed by atoms with E-state index in [0.717, 1.165) is 11.0 Å². The Bertz CT molecular complexity index is 2060. The first-order valence-corrected chi connectivity index (χ1v) is 21.2. The predicted octanol–water partition coefficient (Wildman–Crippen LogP) is 1.38. The van der Waals surface area contributed by atoms with E-state index in [1.165, 1.54) is 32.5 Å². The number of nitrogens with one attached hydrogen (secondary N) is 1. The summed E-state index contributed by atoms with van der Waals surface area (Å²) in [7, 11) is -11.9. The number of hydrogen-bond donors (Lipinski definition) is 6. The third kappa shape index (κ3) is 11.2. The first-order valence-electron chi connectivity index (χ1n) is 14.4. The molecule has 4 heterocycles. The minimum atomic E-state index is -5.74. The lowest BCUT2D eigenvalue weighted by atomic mass is 9.60. The molecule has 0 amide bonds. The third-order valence-corrected chi connectivity index (χ3v) is 13.3. The van der Waals surface area contributed by atoms with Crippen molar-refractivity contribution in [3.8, 4) is 11.4 Å². The van der Waals surface area contributed by atoms with Gasteiger partial charge in [-0.15, -0.1) is 20.4 Å². The Balaban J connectivity index is 1.22. The average Bonchev–Trinajstić information content (AvgIpc) is 3.61. The second-order valence-electron chi connectivity index (χ2n) is 11.2. The van der Waals surface area contributed by atoms with Crippen LogP contribution in [0.2, 0.25) is 0 Å². The van der Waals surface area contributed by atoms with Crippen LogP contribution in [0, 0.1) is 6.92 Å². The maximum Gasteiger partial charge on any atom is 0.490 e. The quantitative estimate of drug-likeness (QED) is 0.0306. The number of fused-ring (bicyclic) bond motifs is 1. The van der Waals surface area contributed by atoms with Gasteiger partial charge in [0.1, 0.15) is 18.3 Å². The molecule has 0 spiro atoms. The summed E-state index contributed by atoms with van der Waals surface area (Å²) in [5.74, 6) is 0.786. The minimum absolute atomic E-state index is 0.0282. The first kappa shape index (κ1) is 39.6. The van der Waals surface area contributed by atoms with E-state index in [4.69, 9.17) is 29.5 Å². The Morgan fingerprint density at radius 2 is 1.76 bits per heavy atom. The van der Waals surface area contributed by atoms with Crippen LogP contribution in [-0.4, -0.2) is 96.2 Å². The molecule has 4 aromatic rings. The van der Waals surface area contributed by atoms with Gasteiger partial charge in [-0.3, -0.25) is 18.9 Å². The monoisotopic (exact) mass is 808 g/mol. The summed E-state index contributed by atoms with van der Waals surface area (Å²) < 4.78 is 60.6. The molecule has 0 aliphatic carbocycles. The standard InChI is InChI=1S/C23H30BN9O13P3S2/c1-12-29-31-19(32-30-12)13-4-6-14(7-5-13)24-23(2,3)51-50-11-42-15-8-17(33-10-26-18-20(33)27-22(25)28-21(18)34)44-16(15)9-43-48(38,39)46-49(40,41)45-47(35,36)37/h4-7,10,15-17H,8-9,11H2,1-3H3,(H,38,39)(H,40,41)(H2,35,36,37)(H3,25,27,28,34)/t15-,16?,17-/m1/s1. The minimum Gasteiger partial charge on any atom is -0.369 e. The molecular weight excluding hydrogens is 778 g/mol. The van der Waals surface area contributed by atoms with Crippen LogP contribution in [0.1, 0.15) is 32.3 Å². The number of benzene rings is 1. The molecule has 1 aliphatic heterocycles. The number of ether oxygens (including phenoxy) is 2. The lowest BCUT2D eigenvalue weighted by molar-refractivity contribution is -0.0522. The molecule has 0 saturated carbocycles. The average molecular weight is 808 g/mol. The number of nitrogens with two attached hydrogens (primary N) is 1. The van der Waals surface area contributed by atoms with Gasteiger partial charge in [0, 0.05) is 12.0 Å². The zero-order chi connectivity index (χ0) is 37.2. The van der Waals surface area contributed by atoms with Crippen molar-refractivity contribution in [2.24, 2.45) is 0 Å². The fourth-order valence-electron chi connectivity index (χ4n) is 4.66. The molecule has 0 bridgehead atoms. The molecule has 275 valence electrons. The summed E-state index contributed by atoms with van der Waals surface area (Å²) in [4.78, 5) is 59.8. The van der Waals surface area contributed by atoms with Crippen LogP contribution >= 0.6 is 45.1 Å². The summed E-state index contributed by atoms with van der Waals surface area (Å²) >= 11 is 0. The summed E-state index contributed by atoms with van der Waals surface area (Å²) in [6, 6.07) is 7.55. The van der Waals surface area contributed by atoms with Gasteiger partial charge in [-0.2, -0.15) is 13.6 Å². The maximum atomic E-state index is 12.4. The van der Waals surface area contributed by atoms with Gasteiger partial charge in [0.05, 0.1) is 19.0 Å². The van der Waals surface area contributed by atoms with E-state index in [0.29, 0.717) is 11.6 Å². The highest BCUT2D eigenvalue weighted by molar-refractivity contribution is 8.77. The molecule has 1 saturated heterocycles. The molecule has 5 atom stereocenters. The zero-order valence-corrected chi connectivity index (χ0v) is 31.0. The molecule has 3 aromatic heterocycles. The van der Waals surface area contributed by atoms with Gasteiger partial charge in [-0.05, 0) is 11.6 Å². The summed E-state index contributed by atoms with van der Waals surface area (Å²) in [6.45, 7) is 4.93. The SMILES string of the molecule is Cc1nnc(-c2ccc([B]C(C)(C)SSCO[C@@H]3C[C@H](n4cnc5c(=O)[nH]c(N)nc54)OC3COP(=O)(O)OP(=O)(O)OP(=O)(O)O)cc2)nn1. The Morgan fingerprint density at radius 1 is 1.08 bits per heavy atom. The molecule has 51 heavy (non-hydrogen) atoms. The number of phosphoric ester groups is 1. The summed E-state index contributed by atoms with van der Waals surface area (Å²) in [6.07, 6.45) is -1.48. The second kappa shape index (κ2) is 15.8. The van der Waals surface area contributed by atoms with Gasteiger partial charge in [-0.1, -0.05) is 65.2 Å². The van der Waals surface area contributed by atoms with Crippen LogP contribution in [0.4, 0.5) is 5.95 Å². The number of aromatic amines is 1. The van der Waals surface area contributed by atoms with Crippen LogP contribution < -0.4 is 16.8 Å². The predicted molar refractivity (Wildman–Crippen MR) is 183 cm³/mol. The fourth-order valence-corrected chi connectivity index (χ4v) is 9.82. The Labute approximate surface area is 296 Å². The molecule has 1 radical (unpaired) electrons. The van der Waals surface area contributed by atoms with E-state index in [2.05, 4.69) is 44.0 Å². The zero-order valence-electron chi connectivity index (χ0n) is 26.6. The summed E-state index contributed by atoms with van der Waals surface area (Å²) in [5, 5.41) is 15.9. The van der Waals surface area contributed by atoms with Gasteiger partial charge in [0.2, 0.25) is 11.8 Å². The van der Waals surface area contributed by atoms with Crippen molar-refractivity contribution in [3.63, 3.8) is 0 Å². The fraction of sp³-hybridized carbons (Fsp3) is 0.435. The van der Waals surface area contributed by atoms with Crippen LogP contribution in [0.25, 0.3) is 22.6 Å². The van der Waals surface area contributed by atoms with Crippen molar-refractivity contribution in [3.05, 3.63) is 46.8 Å². The van der Waals surface area contributed by atoms with E-state index in [9.17, 15) is 28.3 Å². The molecule has 5 rings (SSSR count). The van der Waals surface area contributed by atoms with Crippen molar-refractivity contribution in [2.45, 2.75) is 50.3 Å². The lowest BCUT2D eigenvalue weighted by Gasteiger charge is -2.24. The molecular formula is C23H30BN9O13P3S2. The molecule has 1 aromatic carbocycles. The number of nitrogens with zero attached hydrogens (tertiary/aromatic N) is 7. The molecule has 1 fully saturated rings. The molecule has 1 aliphatic rings. The lowest BCUT2D eigenvalue weighted by Crippen LogP contribution is -2.33. The van der Waals surface area contributed by atoms with Crippen molar-refractivity contribution in [1.82, 2.24) is 39.9 Å². The van der Waals surface area contributed by atoms with Crippen molar-refractivity contribution in [1.29, 1.82) is 0 Å². The van der Waals surface area contributed by atoms with E-state index >= 15 is 0 Å². The van der Waals surface area contributed by atoms with Gasteiger partial charge in [0.25, 0.3) is 5.56 Å². The number of phosphoric acid groups is 3. The van der Waals surface area contributed by atoms with E-state index in [1.807, 2.05) is 45.4 Å². The number of anilines is 1. The normalized spacial score (nSPS) is 20.6. The van der Waals surface area contributed by atoms with Gasteiger partial charge in [-0.25, -0.2) is 18.7 Å². The largest absolute Gasteiger partial charge is 0.490 e. The Morgan fingerprint density at radius 3 is 2.43 bits per heavy atom. The van der Waals surface area contributed by atoms with Crippen LogP contribution in [0.3, 0.4) is 0 Å². The highest BCUT2D eigenvalue weighted by Gasteiger charge is 2.44. The Hall–Kier alpha value is -2.60. The molecule has 7 N–H and O–H groups in total. The molecule has 3 unspecified atom stereocenters. The van der Waals surface area contributed by atoms with Gasteiger partial charge < -0.3 is 34.8 Å². The van der Waals surface area contributed by atoms with Gasteiger partial charge >= 0.3 is 23.5 Å². The van der Waals surface area contributed by atoms with Crippen LogP contribution in [0.5, 0.6) is 0 Å².